The minimum Gasteiger partial charge on any atom is -0.493 e. The van der Waals surface area contributed by atoms with Crippen LogP contribution in [0, 0.1) is 0 Å². The molecule has 28 heavy (non-hydrogen) atoms. The topological polar surface area (TPSA) is 75.2 Å². The fourth-order valence-corrected chi connectivity index (χ4v) is 2.55. The lowest BCUT2D eigenvalue weighted by Gasteiger charge is -2.15. The number of anilines is 1. The molecule has 0 fully saturated rings. The Bertz CT molecular complexity index is 817. The monoisotopic (exact) mass is 384 g/mol. The summed E-state index contributed by atoms with van der Waals surface area (Å²) < 4.78 is 10.9. The molecule has 150 valence electrons. The normalized spacial score (nSPS) is 11.0. The van der Waals surface area contributed by atoms with Gasteiger partial charge in [0.15, 0.2) is 17.5 Å². The number of hydrogen-bond donors (Lipinski definition) is 2. The minimum atomic E-state index is -0.0124. The highest BCUT2D eigenvalue weighted by atomic mass is 16.5. The summed E-state index contributed by atoms with van der Waals surface area (Å²) in [7, 11) is 6.80. The first-order valence-corrected chi connectivity index (χ1v) is 9.07. The van der Waals surface area contributed by atoms with Gasteiger partial charge in [-0.25, -0.2) is 0 Å². The molecule has 0 aliphatic carbocycles. The molecule has 2 rings (SSSR count). The fourth-order valence-electron chi connectivity index (χ4n) is 2.55. The van der Waals surface area contributed by atoms with E-state index in [1.165, 1.54) is 0 Å². The standard InChI is InChI=1S/C21H28N4O3/c1-6-28-19-13-17(11-12-18(19)27-5)24-21(22-2)23-14-15-7-9-16(10-8-15)20(26)25(3)4/h7-13H,6,14H2,1-5H3,(H2,22,23,24). The summed E-state index contributed by atoms with van der Waals surface area (Å²) in [5, 5.41) is 6.49. The largest absolute Gasteiger partial charge is 0.493 e. The molecule has 0 spiro atoms. The lowest BCUT2D eigenvalue weighted by Crippen LogP contribution is -2.30. The zero-order valence-electron chi connectivity index (χ0n) is 17.1. The molecule has 0 aliphatic heterocycles. The van der Waals surface area contributed by atoms with E-state index in [2.05, 4.69) is 15.6 Å². The number of hydrogen-bond acceptors (Lipinski definition) is 4. The zero-order chi connectivity index (χ0) is 20.5. The maximum Gasteiger partial charge on any atom is 0.253 e. The van der Waals surface area contributed by atoms with Crippen molar-refractivity contribution < 1.29 is 14.3 Å². The first kappa shape index (κ1) is 21.1. The van der Waals surface area contributed by atoms with Crippen LogP contribution in [0.25, 0.3) is 0 Å². The maximum atomic E-state index is 12.0. The Labute approximate surface area is 166 Å². The van der Waals surface area contributed by atoms with E-state index in [0.29, 0.717) is 36.2 Å². The highest BCUT2D eigenvalue weighted by Crippen LogP contribution is 2.30. The van der Waals surface area contributed by atoms with Crippen LogP contribution in [0.5, 0.6) is 11.5 Å². The summed E-state index contributed by atoms with van der Waals surface area (Å²) in [5.74, 6) is 1.97. The molecule has 0 aromatic heterocycles. The number of rotatable bonds is 7. The number of methoxy groups -OCH3 is 1. The van der Waals surface area contributed by atoms with Gasteiger partial charge >= 0.3 is 0 Å². The number of carbonyl (C=O) groups excluding carboxylic acids is 1. The van der Waals surface area contributed by atoms with Gasteiger partial charge in [-0.3, -0.25) is 9.79 Å². The van der Waals surface area contributed by atoms with Crippen LogP contribution in [-0.2, 0) is 6.54 Å². The van der Waals surface area contributed by atoms with E-state index >= 15 is 0 Å². The van der Waals surface area contributed by atoms with Gasteiger partial charge in [0.05, 0.1) is 13.7 Å². The van der Waals surface area contributed by atoms with Crippen molar-refractivity contribution in [3.63, 3.8) is 0 Å². The number of aliphatic imine (C=N–C) groups is 1. The highest BCUT2D eigenvalue weighted by Gasteiger charge is 2.09. The average Bonchev–Trinajstić information content (AvgIpc) is 2.71. The van der Waals surface area contributed by atoms with Gasteiger partial charge in [-0.1, -0.05) is 12.1 Å². The molecular weight excluding hydrogens is 356 g/mol. The number of guanidine groups is 1. The predicted octanol–water partition coefficient (Wildman–Crippen LogP) is 2.98. The van der Waals surface area contributed by atoms with Gasteiger partial charge in [0, 0.05) is 45.0 Å². The molecule has 0 saturated carbocycles. The van der Waals surface area contributed by atoms with E-state index < -0.39 is 0 Å². The van der Waals surface area contributed by atoms with Crippen molar-refractivity contribution in [2.45, 2.75) is 13.5 Å². The fraction of sp³-hybridized carbons (Fsp3) is 0.333. The molecule has 0 saturated heterocycles. The molecule has 2 aromatic rings. The second kappa shape index (κ2) is 10.2. The van der Waals surface area contributed by atoms with Crippen LogP contribution < -0.4 is 20.1 Å². The first-order valence-electron chi connectivity index (χ1n) is 9.07. The number of ether oxygens (including phenoxy) is 2. The Morgan fingerprint density at radius 1 is 1.11 bits per heavy atom. The second-order valence-corrected chi connectivity index (χ2v) is 6.25. The summed E-state index contributed by atoms with van der Waals surface area (Å²) in [5.41, 5.74) is 2.55. The van der Waals surface area contributed by atoms with Gasteiger partial charge in [0.2, 0.25) is 0 Å². The summed E-state index contributed by atoms with van der Waals surface area (Å²) in [4.78, 5) is 17.8. The van der Waals surface area contributed by atoms with E-state index in [9.17, 15) is 4.79 Å². The Morgan fingerprint density at radius 3 is 2.39 bits per heavy atom. The molecule has 0 bridgehead atoms. The molecule has 0 radical (unpaired) electrons. The summed E-state index contributed by atoms with van der Waals surface area (Å²) in [6.45, 7) is 3.06. The number of benzene rings is 2. The van der Waals surface area contributed by atoms with Crippen molar-refractivity contribution in [2.75, 3.05) is 40.2 Å². The highest BCUT2D eigenvalue weighted by molar-refractivity contribution is 5.94. The van der Waals surface area contributed by atoms with Gasteiger partial charge < -0.3 is 25.0 Å². The van der Waals surface area contributed by atoms with E-state index in [4.69, 9.17) is 9.47 Å². The van der Waals surface area contributed by atoms with Crippen LogP contribution in [0.1, 0.15) is 22.8 Å². The quantitative estimate of drug-likeness (QED) is 0.567. The minimum absolute atomic E-state index is 0.0124. The Hall–Kier alpha value is -3.22. The molecule has 0 atom stereocenters. The lowest BCUT2D eigenvalue weighted by molar-refractivity contribution is 0.0827. The van der Waals surface area contributed by atoms with Gasteiger partial charge in [-0.05, 0) is 36.8 Å². The molecular formula is C21H28N4O3. The van der Waals surface area contributed by atoms with E-state index in [1.807, 2.05) is 49.4 Å². The van der Waals surface area contributed by atoms with Crippen LogP contribution in [0.2, 0.25) is 0 Å². The number of carbonyl (C=O) groups is 1. The number of nitrogens with zero attached hydrogens (tertiary/aromatic N) is 2. The van der Waals surface area contributed by atoms with Gasteiger partial charge in [-0.2, -0.15) is 0 Å². The predicted molar refractivity (Wildman–Crippen MR) is 112 cm³/mol. The molecule has 1 amide bonds. The molecule has 2 aromatic carbocycles. The molecule has 7 nitrogen and oxygen atoms in total. The maximum absolute atomic E-state index is 12.0. The van der Waals surface area contributed by atoms with Crippen LogP contribution in [-0.4, -0.2) is 51.6 Å². The third kappa shape index (κ3) is 5.64. The van der Waals surface area contributed by atoms with E-state index in [1.54, 1.807) is 33.2 Å². The SMILES string of the molecule is CCOc1cc(NC(=NC)NCc2ccc(C(=O)N(C)C)cc2)ccc1OC. The Balaban J connectivity index is 2.00. The van der Waals surface area contributed by atoms with E-state index in [-0.39, 0.29) is 5.91 Å². The summed E-state index contributed by atoms with van der Waals surface area (Å²) >= 11 is 0. The van der Waals surface area contributed by atoms with Crippen molar-refractivity contribution in [3.05, 3.63) is 53.6 Å². The van der Waals surface area contributed by atoms with Crippen molar-refractivity contribution in [1.29, 1.82) is 0 Å². The van der Waals surface area contributed by atoms with Gasteiger partial charge in [0.1, 0.15) is 0 Å². The van der Waals surface area contributed by atoms with Crippen molar-refractivity contribution in [2.24, 2.45) is 4.99 Å². The Kier molecular flexibility index (Phi) is 7.68. The second-order valence-electron chi connectivity index (χ2n) is 6.25. The molecule has 2 N–H and O–H groups in total. The van der Waals surface area contributed by atoms with Crippen molar-refractivity contribution in [3.8, 4) is 11.5 Å². The third-order valence-electron chi connectivity index (χ3n) is 4.02. The van der Waals surface area contributed by atoms with Crippen LogP contribution in [0.4, 0.5) is 5.69 Å². The van der Waals surface area contributed by atoms with Crippen molar-refractivity contribution in [1.82, 2.24) is 10.2 Å². The zero-order valence-corrected chi connectivity index (χ0v) is 17.1. The molecule has 7 heteroatoms. The van der Waals surface area contributed by atoms with Crippen molar-refractivity contribution >= 4 is 17.6 Å². The molecule has 0 unspecified atom stereocenters. The first-order chi connectivity index (χ1) is 13.5. The smallest absolute Gasteiger partial charge is 0.253 e. The van der Waals surface area contributed by atoms with Crippen LogP contribution in [0.15, 0.2) is 47.5 Å². The van der Waals surface area contributed by atoms with Gasteiger partial charge in [0.25, 0.3) is 5.91 Å². The van der Waals surface area contributed by atoms with Gasteiger partial charge in [-0.15, -0.1) is 0 Å². The number of nitrogens with one attached hydrogen (secondary N) is 2. The summed E-state index contributed by atoms with van der Waals surface area (Å²) in [6, 6.07) is 13.1. The Morgan fingerprint density at radius 2 is 1.82 bits per heavy atom. The summed E-state index contributed by atoms with van der Waals surface area (Å²) in [6.07, 6.45) is 0. The molecule has 0 aliphatic rings. The lowest BCUT2D eigenvalue weighted by atomic mass is 10.1. The van der Waals surface area contributed by atoms with Crippen LogP contribution >= 0.6 is 0 Å². The average molecular weight is 384 g/mol. The third-order valence-corrected chi connectivity index (χ3v) is 4.02. The van der Waals surface area contributed by atoms with Crippen LogP contribution in [0.3, 0.4) is 0 Å². The van der Waals surface area contributed by atoms with E-state index in [0.717, 1.165) is 11.3 Å². The number of amides is 1. The molecule has 0 heterocycles.